The maximum Gasteiger partial charge on any atom is 0.303 e. The molecule has 0 spiro atoms. The predicted molar refractivity (Wildman–Crippen MR) is 110 cm³/mol. The van der Waals surface area contributed by atoms with Crippen LogP contribution in [-0.2, 0) is 11.2 Å². The molecule has 0 amide bonds. The summed E-state index contributed by atoms with van der Waals surface area (Å²) in [6, 6.07) is 16.4. The molecule has 1 aliphatic carbocycles. The molecule has 4 rings (SSSR count). The molecule has 0 aliphatic heterocycles. The number of anilines is 2. The number of hydrogen-bond acceptors (Lipinski definition) is 4. The number of hydrogen-bond donors (Lipinski definition) is 2. The zero-order valence-electron chi connectivity index (χ0n) is 15.9. The number of aliphatic carboxylic acids is 1. The second-order valence-corrected chi connectivity index (χ2v) is 7.39. The van der Waals surface area contributed by atoms with Crippen molar-refractivity contribution in [3.8, 4) is 11.1 Å². The van der Waals surface area contributed by atoms with Gasteiger partial charge in [0.1, 0.15) is 0 Å². The first-order valence-corrected chi connectivity index (χ1v) is 9.59. The van der Waals surface area contributed by atoms with Crippen LogP contribution in [0.4, 0.5) is 11.6 Å². The van der Waals surface area contributed by atoms with Gasteiger partial charge in [0.15, 0.2) is 0 Å². The van der Waals surface area contributed by atoms with Crippen LogP contribution in [0.3, 0.4) is 0 Å². The molecule has 1 saturated carbocycles. The number of carbonyl (C=O) groups is 1. The molecule has 5 heteroatoms. The van der Waals surface area contributed by atoms with Crippen molar-refractivity contribution < 1.29 is 9.90 Å². The summed E-state index contributed by atoms with van der Waals surface area (Å²) >= 11 is 0. The van der Waals surface area contributed by atoms with Crippen LogP contribution >= 0.6 is 0 Å². The highest BCUT2D eigenvalue weighted by atomic mass is 16.4. The zero-order chi connectivity index (χ0) is 19.5. The molecule has 1 aliphatic rings. The van der Waals surface area contributed by atoms with E-state index in [1.807, 2.05) is 37.4 Å². The van der Waals surface area contributed by atoms with Gasteiger partial charge in [0, 0.05) is 29.9 Å². The van der Waals surface area contributed by atoms with Gasteiger partial charge in [0.05, 0.1) is 0 Å². The van der Waals surface area contributed by atoms with Gasteiger partial charge < -0.3 is 10.4 Å². The largest absolute Gasteiger partial charge is 0.481 e. The van der Waals surface area contributed by atoms with Gasteiger partial charge in [-0.25, -0.2) is 9.97 Å². The van der Waals surface area contributed by atoms with Gasteiger partial charge in [-0.15, -0.1) is 0 Å². The Morgan fingerprint density at radius 3 is 2.79 bits per heavy atom. The molecule has 0 unspecified atom stereocenters. The molecule has 3 aromatic rings. The lowest BCUT2D eigenvalue weighted by molar-refractivity contribution is -0.136. The molecule has 1 fully saturated rings. The monoisotopic (exact) mass is 373 g/mol. The number of nitrogens with zero attached hydrogens (tertiary/aromatic N) is 2. The first-order chi connectivity index (χ1) is 13.6. The summed E-state index contributed by atoms with van der Waals surface area (Å²) in [5.41, 5.74) is 6.35. The number of benzene rings is 2. The van der Waals surface area contributed by atoms with Crippen molar-refractivity contribution in [3.63, 3.8) is 0 Å². The normalized spacial score (nSPS) is 13.3. The highest BCUT2D eigenvalue weighted by Crippen LogP contribution is 2.39. The van der Waals surface area contributed by atoms with Crippen LogP contribution in [0.1, 0.15) is 42.0 Å². The Kier molecular flexibility index (Phi) is 5.06. The maximum absolute atomic E-state index is 10.9. The maximum atomic E-state index is 10.9. The number of aromatic nitrogens is 2. The molecule has 1 aromatic heterocycles. The second-order valence-electron chi connectivity index (χ2n) is 7.39. The van der Waals surface area contributed by atoms with Gasteiger partial charge in [-0.2, -0.15) is 0 Å². The van der Waals surface area contributed by atoms with E-state index in [-0.39, 0.29) is 6.42 Å². The molecule has 142 valence electrons. The molecular weight excluding hydrogens is 350 g/mol. The van der Waals surface area contributed by atoms with E-state index in [1.54, 1.807) is 0 Å². The molecule has 2 N–H and O–H groups in total. The van der Waals surface area contributed by atoms with Crippen molar-refractivity contribution in [2.75, 3.05) is 5.32 Å². The lowest BCUT2D eigenvalue weighted by Crippen LogP contribution is -1.99. The number of carboxylic acid groups (broad SMARTS) is 1. The molecule has 0 saturated heterocycles. The molecule has 0 radical (unpaired) electrons. The third-order valence-electron chi connectivity index (χ3n) is 4.89. The summed E-state index contributed by atoms with van der Waals surface area (Å²) in [5, 5.41) is 12.3. The Balaban J connectivity index is 1.56. The lowest BCUT2D eigenvalue weighted by atomic mass is 9.98. The summed E-state index contributed by atoms with van der Waals surface area (Å²) < 4.78 is 0. The van der Waals surface area contributed by atoms with Crippen molar-refractivity contribution in [2.45, 2.75) is 38.5 Å². The summed E-state index contributed by atoms with van der Waals surface area (Å²) in [6.07, 6.45) is 4.90. The van der Waals surface area contributed by atoms with E-state index in [9.17, 15) is 4.79 Å². The Bertz CT molecular complexity index is 1010. The van der Waals surface area contributed by atoms with E-state index >= 15 is 0 Å². The summed E-state index contributed by atoms with van der Waals surface area (Å²) in [6.45, 7) is 2.03. The van der Waals surface area contributed by atoms with Crippen LogP contribution in [0.5, 0.6) is 0 Å². The summed E-state index contributed by atoms with van der Waals surface area (Å²) in [4.78, 5) is 19.8. The average Bonchev–Trinajstić information content (AvgIpc) is 3.52. The van der Waals surface area contributed by atoms with Gasteiger partial charge >= 0.3 is 5.97 Å². The van der Waals surface area contributed by atoms with Crippen molar-refractivity contribution >= 4 is 17.6 Å². The molecular formula is C23H23N3O2. The van der Waals surface area contributed by atoms with Crippen molar-refractivity contribution in [3.05, 3.63) is 71.5 Å². The Morgan fingerprint density at radius 1 is 1.14 bits per heavy atom. The fourth-order valence-corrected chi connectivity index (χ4v) is 3.37. The molecule has 28 heavy (non-hydrogen) atoms. The molecule has 0 bridgehead atoms. The van der Waals surface area contributed by atoms with Crippen molar-refractivity contribution in [1.29, 1.82) is 0 Å². The first-order valence-electron chi connectivity index (χ1n) is 9.59. The van der Waals surface area contributed by atoms with E-state index in [1.165, 1.54) is 12.8 Å². The van der Waals surface area contributed by atoms with Crippen LogP contribution in [0.15, 0.2) is 54.7 Å². The Hall–Kier alpha value is -3.21. The fourth-order valence-electron chi connectivity index (χ4n) is 3.37. The first kappa shape index (κ1) is 18.2. The van der Waals surface area contributed by atoms with Gasteiger partial charge in [-0.1, -0.05) is 35.9 Å². The van der Waals surface area contributed by atoms with Crippen LogP contribution in [0.25, 0.3) is 11.1 Å². The summed E-state index contributed by atoms with van der Waals surface area (Å²) in [7, 11) is 0. The van der Waals surface area contributed by atoms with Gasteiger partial charge in [-0.3, -0.25) is 4.79 Å². The molecule has 0 atom stereocenters. The minimum atomic E-state index is -0.775. The molecule has 5 nitrogen and oxygen atoms in total. The van der Waals surface area contributed by atoms with E-state index in [4.69, 9.17) is 5.11 Å². The number of carboxylic acids is 1. The van der Waals surface area contributed by atoms with E-state index in [2.05, 4.69) is 39.6 Å². The summed E-state index contributed by atoms with van der Waals surface area (Å²) in [5.74, 6) is 0.432. The van der Waals surface area contributed by atoms with Gasteiger partial charge in [0.25, 0.3) is 0 Å². The van der Waals surface area contributed by atoms with Crippen LogP contribution in [-0.4, -0.2) is 21.0 Å². The van der Waals surface area contributed by atoms with Crippen molar-refractivity contribution in [1.82, 2.24) is 9.97 Å². The fraction of sp³-hybridized carbons (Fsp3) is 0.261. The SMILES string of the molecule is Cc1cc(CCC(=O)O)cc(-c2cccc(Nc3nccc(C4CC4)n3)c2)c1. The highest BCUT2D eigenvalue weighted by Gasteiger charge is 2.25. The van der Waals surface area contributed by atoms with Gasteiger partial charge in [-0.05, 0) is 61.1 Å². The van der Waals surface area contributed by atoms with E-state index in [0.717, 1.165) is 33.6 Å². The van der Waals surface area contributed by atoms with E-state index in [0.29, 0.717) is 18.3 Å². The van der Waals surface area contributed by atoms with E-state index < -0.39 is 5.97 Å². The third kappa shape index (κ3) is 4.55. The highest BCUT2D eigenvalue weighted by molar-refractivity contribution is 5.71. The van der Waals surface area contributed by atoms with Gasteiger partial charge in [0.2, 0.25) is 5.95 Å². The Labute approximate surface area is 164 Å². The average molecular weight is 373 g/mol. The smallest absolute Gasteiger partial charge is 0.303 e. The number of rotatable bonds is 7. The third-order valence-corrected chi connectivity index (χ3v) is 4.89. The van der Waals surface area contributed by atoms with Crippen LogP contribution < -0.4 is 5.32 Å². The lowest BCUT2D eigenvalue weighted by Gasteiger charge is -2.10. The Morgan fingerprint density at radius 2 is 2.00 bits per heavy atom. The van der Waals surface area contributed by atoms with Crippen LogP contribution in [0.2, 0.25) is 0 Å². The topological polar surface area (TPSA) is 75.1 Å². The van der Waals surface area contributed by atoms with Crippen LogP contribution in [0, 0.1) is 6.92 Å². The predicted octanol–water partition coefficient (Wildman–Crippen LogP) is 5.09. The number of nitrogens with one attached hydrogen (secondary N) is 1. The second kappa shape index (κ2) is 7.80. The molecule has 2 aromatic carbocycles. The quantitative estimate of drug-likeness (QED) is 0.603. The molecule has 1 heterocycles. The minimum Gasteiger partial charge on any atom is -0.481 e. The van der Waals surface area contributed by atoms with Crippen molar-refractivity contribution in [2.24, 2.45) is 0 Å². The number of aryl methyl sites for hydroxylation is 2. The standard InChI is InChI=1S/C23H23N3O2/c1-15-11-16(5-8-22(27)28)13-19(12-15)18-3-2-4-20(14-18)25-23-24-10-9-21(26-23)17-6-7-17/h2-4,9-14,17H,5-8H2,1H3,(H,27,28)(H,24,25,26). The zero-order valence-corrected chi connectivity index (χ0v) is 15.9. The minimum absolute atomic E-state index is 0.138.